The Bertz CT molecular complexity index is 1460. The summed E-state index contributed by atoms with van der Waals surface area (Å²) in [6.45, 7) is 1.42. The first-order chi connectivity index (χ1) is 14.8. The summed E-state index contributed by atoms with van der Waals surface area (Å²) in [6, 6.07) is 4.79. The summed E-state index contributed by atoms with van der Waals surface area (Å²) in [5.74, 6) is -0.243. The van der Waals surface area contributed by atoms with E-state index in [9.17, 15) is 34.8 Å². The summed E-state index contributed by atoms with van der Waals surface area (Å²) in [7, 11) is -3.73. The molecule has 0 saturated heterocycles. The lowest BCUT2D eigenvalue weighted by Crippen LogP contribution is -2.14. The highest BCUT2D eigenvalue weighted by Gasteiger charge is 2.39. The summed E-state index contributed by atoms with van der Waals surface area (Å²) in [5, 5.41) is -0.565. The Hall–Kier alpha value is -3.22. The van der Waals surface area contributed by atoms with Crippen molar-refractivity contribution in [2.75, 3.05) is 5.75 Å². The Morgan fingerprint density at radius 1 is 1.00 bits per heavy atom. The monoisotopic (exact) mass is 474 g/mol. The van der Waals surface area contributed by atoms with Crippen LogP contribution in [0.4, 0.5) is 26.3 Å². The predicted molar refractivity (Wildman–Crippen MR) is 101 cm³/mol. The van der Waals surface area contributed by atoms with Crippen LogP contribution in [0, 0.1) is 0 Å². The van der Waals surface area contributed by atoms with Crippen LogP contribution < -0.4 is 0 Å². The molecule has 4 aromatic heterocycles. The minimum absolute atomic E-state index is 0.0297. The van der Waals surface area contributed by atoms with Crippen LogP contribution >= 0.6 is 0 Å². The number of halogens is 6. The van der Waals surface area contributed by atoms with Gasteiger partial charge in [-0.2, -0.15) is 26.3 Å². The lowest BCUT2D eigenvalue weighted by atomic mass is 10.1. The molecule has 168 valence electrons. The first-order valence-electron chi connectivity index (χ1n) is 8.98. The molecule has 0 saturated carbocycles. The Kier molecular flexibility index (Phi) is 4.91. The lowest BCUT2D eigenvalue weighted by Gasteiger charge is -2.14. The van der Waals surface area contributed by atoms with Gasteiger partial charge in [-0.25, -0.2) is 18.4 Å². The SMILES string of the molecule is CCS(=O)(=O)c1cccnc1-c1cn2c(ccc3c(C(F)(F)F)cc(C(F)(F)F)nc32)n1. The summed E-state index contributed by atoms with van der Waals surface area (Å²) >= 11 is 0. The van der Waals surface area contributed by atoms with E-state index >= 15 is 0 Å². The molecular weight excluding hydrogens is 462 g/mol. The molecule has 0 aromatic carbocycles. The molecule has 13 heteroatoms. The molecule has 4 rings (SSSR count). The molecule has 4 aromatic rings. The molecule has 0 N–H and O–H groups in total. The van der Waals surface area contributed by atoms with Crippen LogP contribution in [0.5, 0.6) is 0 Å². The van der Waals surface area contributed by atoms with E-state index in [4.69, 9.17) is 0 Å². The zero-order valence-corrected chi connectivity index (χ0v) is 16.8. The molecule has 4 heterocycles. The van der Waals surface area contributed by atoms with Gasteiger partial charge in [-0.05, 0) is 30.3 Å². The van der Waals surface area contributed by atoms with E-state index in [-0.39, 0.29) is 33.7 Å². The van der Waals surface area contributed by atoms with Gasteiger partial charge in [-0.3, -0.25) is 9.38 Å². The van der Waals surface area contributed by atoms with Crippen LogP contribution in [-0.2, 0) is 22.2 Å². The van der Waals surface area contributed by atoms with E-state index in [1.54, 1.807) is 0 Å². The Labute approximate surface area is 176 Å². The quantitative estimate of drug-likeness (QED) is 0.400. The average molecular weight is 474 g/mol. The maximum Gasteiger partial charge on any atom is 0.433 e. The van der Waals surface area contributed by atoms with Crippen molar-refractivity contribution < 1.29 is 34.8 Å². The number of sulfone groups is 1. The number of pyridine rings is 3. The third kappa shape index (κ3) is 3.66. The molecule has 6 nitrogen and oxygen atoms in total. The first kappa shape index (κ1) is 22.0. The molecule has 0 fully saturated rings. The van der Waals surface area contributed by atoms with E-state index in [2.05, 4.69) is 15.0 Å². The molecule has 0 aliphatic heterocycles. The molecule has 0 spiro atoms. The standard InChI is InChI=1S/C19H12F6N4O2S/c1-2-32(30,31)13-4-3-7-26-16(13)12-9-29-15(27-12)6-5-10-11(18(20,21)22)8-14(19(23,24)25)28-17(10)29/h3-9H,2H2,1H3. The molecular formula is C19H12F6N4O2S. The van der Waals surface area contributed by atoms with Gasteiger partial charge in [-0.1, -0.05) is 6.92 Å². The highest BCUT2D eigenvalue weighted by molar-refractivity contribution is 7.91. The number of hydrogen-bond acceptors (Lipinski definition) is 5. The van der Waals surface area contributed by atoms with Crippen LogP contribution in [0.15, 0.2) is 47.6 Å². The second-order valence-corrected chi connectivity index (χ2v) is 8.98. The number of aromatic nitrogens is 4. The fraction of sp³-hybridized carbons (Fsp3) is 0.211. The lowest BCUT2D eigenvalue weighted by molar-refractivity contribution is -0.144. The molecule has 0 aliphatic carbocycles. The van der Waals surface area contributed by atoms with Crippen molar-refractivity contribution in [2.24, 2.45) is 0 Å². The second kappa shape index (κ2) is 7.15. The van der Waals surface area contributed by atoms with Gasteiger partial charge in [0.25, 0.3) is 0 Å². The van der Waals surface area contributed by atoms with Crippen LogP contribution in [0.25, 0.3) is 28.1 Å². The van der Waals surface area contributed by atoms with Gasteiger partial charge in [0.05, 0.1) is 16.2 Å². The third-order valence-electron chi connectivity index (χ3n) is 4.72. The van der Waals surface area contributed by atoms with Crippen molar-refractivity contribution in [2.45, 2.75) is 24.2 Å². The van der Waals surface area contributed by atoms with Crippen molar-refractivity contribution in [1.29, 1.82) is 0 Å². The fourth-order valence-corrected chi connectivity index (χ4v) is 4.26. The molecule has 0 amide bonds. The topological polar surface area (TPSA) is 77.2 Å². The van der Waals surface area contributed by atoms with E-state index in [1.165, 1.54) is 31.3 Å². The van der Waals surface area contributed by atoms with Crippen molar-refractivity contribution in [3.05, 3.63) is 54.0 Å². The van der Waals surface area contributed by atoms with E-state index < -0.39 is 44.5 Å². The van der Waals surface area contributed by atoms with Gasteiger partial charge in [0.1, 0.15) is 28.4 Å². The third-order valence-corrected chi connectivity index (χ3v) is 6.48. The average Bonchev–Trinajstić information content (AvgIpc) is 3.16. The summed E-state index contributed by atoms with van der Waals surface area (Å²) in [5.41, 5.74) is -3.99. The molecule has 0 atom stereocenters. The number of fused-ring (bicyclic) bond motifs is 3. The van der Waals surface area contributed by atoms with Crippen molar-refractivity contribution in [3.8, 4) is 11.4 Å². The predicted octanol–water partition coefficient (Wildman–Crippen LogP) is 4.78. The number of nitrogens with zero attached hydrogens (tertiary/aromatic N) is 4. The number of rotatable bonds is 3. The highest BCUT2D eigenvalue weighted by Crippen LogP contribution is 2.39. The van der Waals surface area contributed by atoms with Crippen molar-refractivity contribution >= 4 is 26.5 Å². The smallest absolute Gasteiger partial charge is 0.283 e. The molecule has 0 radical (unpaired) electrons. The van der Waals surface area contributed by atoms with Gasteiger partial charge in [0.15, 0.2) is 9.84 Å². The normalized spacial score (nSPS) is 13.2. The maximum absolute atomic E-state index is 13.5. The van der Waals surface area contributed by atoms with E-state index in [1.807, 2.05) is 0 Å². The van der Waals surface area contributed by atoms with Crippen LogP contribution in [0.1, 0.15) is 18.2 Å². The van der Waals surface area contributed by atoms with Gasteiger partial charge in [-0.15, -0.1) is 0 Å². The van der Waals surface area contributed by atoms with Crippen molar-refractivity contribution in [1.82, 2.24) is 19.4 Å². The minimum Gasteiger partial charge on any atom is -0.283 e. The Morgan fingerprint density at radius 2 is 1.72 bits per heavy atom. The minimum atomic E-state index is -5.12. The largest absolute Gasteiger partial charge is 0.433 e. The summed E-state index contributed by atoms with van der Waals surface area (Å²) in [6.07, 6.45) is -7.78. The molecule has 0 unspecified atom stereocenters. The van der Waals surface area contributed by atoms with Gasteiger partial charge in [0, 0.05) is 17.8 Å². The second-order valence-electron chi connectivity index (χ2n) is 6.73. The Balaban J connectivity index is 2.06. The van der Waals surface area contributed by atoms with E-state index in [0.717, 1.165) is 16.7 Å². The van der Waals surface area contributed by atoms with Gasteiger partial charge >= 0.3 is 12.4 Å². The zero-order valence-electron chi connectivity index (χ0n) is 16.0. The maximum atomic E-state index is 13.5. The summed E-state index contributed by atoms with van der Waals surface area (Å²) < 4.78 is 106. The fourth-order valence-electron chi connectivity index (χ4n) is 3.21. The number of alkyl halides is 6. The first-order valence-corrected chi connectivity index (χ1v) is 10.6. The summed E-state index contributed by atoms with van der Waals surface area (Å²) in [4.78, 5) is 11.4. The van der Waals surface area contributed by atoms with Gasteiger partial charge in [0.2, 0.25) is 0 Å². The van der Waals surface area contributed by atoms with Crippen molar-refractivity contribution in [3.63, 3.8) is 0 Å². The van der Waals surface area contributed by atoms with Crippen LogP contribution in [0.2, 0.25) is 0 Å². The van der Waals surface area contributed by atoms with E-state index in [0.29, 0.717) is 0 Å². The molecule has 32 heavy (non-hydrogen) atoms. The number of imidazole rings is 1. The highest BCUT2D eigenvalue weighted by atomic mass is 32.2. The van der Waals surface area contributed by atoms with Gasteiger partial charge < -0.3 is 0 Å². The Morgan fingerprint density at radius 3 is 2.34 bits per heavy atom. The number of hydrogen-bond donors (Lipinski definition) is 0. The van der Waals surface area contributed by atoms with Crippen LogP contribution in [-0.4, -0.2) is 33.5 Å². The molecule has 0 bridgehead atoms. The molecule has 0 aliphatic rings. The zero-order chi connectivity index (χ0) is 23.5. The van der Waals surface area contributed by atoms with Crippen LogP contribution in [0.3, 0.4) is 0 Å².